The lowest BCUT2D eigenvalue weighted by atomic mass is 10.1. The Balaban J connectivity index is 1.54. The molecule has 0 spiro atoms. The maximum atomic E-state index is 13.0. The summed E-state index contributed by atoms with van der Waals surface area (Å²) in [5.41, 5.74) is 1.92. The van der Waals surface area contributed by atoms with Crippen LogP contribution in [0.2, 0.25) is 0 Å². The van der Waals surface area contributed by atoms with Crippen LogP contribution in [0.1, 0.15) is 31.2 Å². The third-order valence-electron chi connectivity index (χ3n) is 5.46. The standard InChI is InChI=1S/C23H28N4O3S/c1-18-10-3-6-13-21(18)31(28,29)26-22-23(25-20-12-5-4-11-19(20)24-22)30-17-9-16-27-14-7-2-8-15-27/h3-6,10-13H,2,7-9,14-17H2,1H3,(H,24,26). The van der Waals surface area contributed by atoms with E-state index in [-0.39, 0.29) is 16.6 Å². The van der Waals surface area contributed by atoms with E-state index < -0.39 is 10.0 Å². The van der Waals surface area contributed by atoms with Crippen LogP contribution in [0.25, 0.3) is 11.0 Å². The van der Waals surface area contributed by atoms with Crippen molar-refractivity contribution in [1.29, 1.82) is 0 Å². The van der Waals surface area contributed by atoms with Crippen molar-refractivity contribution < 1.29 is 13.2 Å². The number of aromatic nitrogens is 2. The summed E-state index contributed by atoms with van der Waals surface area (Å²) in [5.74, 6) is 0.314. The lowest BCUT2D eigenvalue weighted by molar-refractivity contribution is 0.203. The molecule has 0 aliphatic carbocycles. The van der Waals surface area contributed by atoms with Gasteiger partial charge in [0.25, 0.3) is 15.9 Å². The van der Waals surface area contributed by atoms with Crippen LogP contribution in [0, 0.1) is 6.92 Å². The summed E-state index contributed by atoms with van der Waals surface area (Å²) >= 11 is 0. The number of hydrogen-bond acceptors (Lipinski definition) is 6. The highest BCUT2D eigenvalue weighted by Crippen LogP contribution is 2.27. The van der Waals surface area contributed by atoms with Crippen molar-refractivity contribution in [3.63, 3.8) is 0 Å². The second-order valence-corrected chi connectivity index (χ2v) is 9.49. The summed E-state index contributed by atoms with van der Waals surface area (Å²) in [6, 6.07) is 14.2. The number of nitrogens with one attached hydrogen (secondary N) is 1. The van der Waals surface area contributed by atoms with Crippen LogP contribution in [0.15, 0.2) is 53.4 Å². The number of anilines is 1. The highest BCUT2D eigenvalue weighted by Gasteiger charge is 2.21. The summed E-state index contributed by atoms with van der Waals surface area (Å²) in [4.78, 5) is 11.7. The van der Waals surface area contributed by atoms with Gasteiger partial charge in [0, 0.05) is 6.54 Å². The minimum Gasteiger partial charge on any atom is -0.475 e. The second kappa shape index (κ2) is 9.62. The molecule has 0 atom stereocenters. The molecule has 164 valence electrons. The number of aryl methyl sites for hydroxylation is 1. The number of fused-ring (bicyclic) bond motifs is 1. The summed E-state index contributed by atoms with van der Waals surface area (Å²) in [5, 5.41) is 0. The molecule has 8 heteroatoms. The van der Waals surface area contributed by atoms with Gasteiger partial charge in [-0.25, -0.2) is 18.4 Å². The number of benzene rings is 2. The first kappa shape index (κ1) is 21.5. The predicted molar refractivity (Wildman–Crippen MR) is 122 cm³/mol. The molecule has 0 amide bonds. The maximum Gasteiger partial charge on any atom is 0.263 e. The van der Waals surface area contributed by atoms with Crippen LogP contribution >= 0.6 is 0 Å². The molecule has 2 aromatic carbocycles. The van der Waals surface area contributed by atoms with E-state index in [1.54, 1.807) is 37.3 Å². The van der Waals surface area contributed by atoms with Gasteiger partial charge < -0.3 is 9.64 Å². The first-order chi connectivity index (χ1) is 15.0. The van der Waals surface area contributed by atoms with Crippen molar-refractivity contribution in [2.75, 3.05) is 31.0 Å². The van der Waals surface area contributed by atoms with Crippen LogP contribution in [-0.4, -0.2) is 49.5 Å². The van der Waals surface area contributed by atoms with Crippen molar-refractivity contribution in [2.24, 2.45) is 0 Å². The molecule has 7 nitrogen and oxygen atoms in total. The molecule has 0 saturated carbocycles. The van der Waals surface area contributed by atoms with E-state index in [2.05, 4.69) is 19.6 Å². The molecule has 31 heavy (non-hydrogen) atoms. The number of rotatable bonds is 8. The topological polar surface area (TPSA) is 84.4 Å². The third-order valence-corrected chi connectivity index (χ3v) is 6.96. The zero-order chi connectivity index (χ0) is 21.7. The highest BCUT2D eigenvalue weighted by atomic mass is 32.2. The smallest absolute Gasteiger partial charge is 0.263 e. The quantitative estimate of drug-likeness (QED) is 0.533. The number of nitrogens with zero attached hydrogens (tertiary/aromatic N) is 3. The van der Waals surface area contributed by atoms with Crippen molar-refractivity contribution >= 4 is 26.9 Å². The lowest BCUT2D eigenvalue weighted by Crippen LogP contribution is -2.31. The van der Waals surface area contributed by atoms with Gasteiger partial charge in [-0.1, -0.05) is 36.8 Å². The second-order valence-electron chi connectivity index (χ2n) is 7.84. The normalized spacial score (nSPS) is 15.1. The number of para-hydroxylation sites is 2. The first-order valence-corrected chi connectivity index (χ1v) is 12.2. The van der Waals surface area contributed by atoms with Crippen LogP contribution < -0.4 is 9.46 Å². The summed E-state index contributed by atoms with van der Waals surface area (Å²) in [7, 11) is -3.82. The fraction of sp³-hybridized carbons (Fsp3) is 0.391. The van der Waals surface area contributed by atoms with E-state index >= 15 is 0 Å². The number of ether oxygens (including phenoxy) is 1. The van der Waals surface area contributed by atoms with Crippen LogP contribution in [0.5, 0.6) is 5.88 Å². The van der Waals surface area contributed by atoms with E-state index in [0.29, 0.717) is 23.2 Å². The summed E-state index contributed by atoms with van der Waals surface area (Å²) < 4.78 is 34.5. The highest BCUT2D eigenvalue weighted by molar-refractivity contribution is 7.92. The van der Waals surface area contributed by atoms with Gasteiger partial charge in [-0.3, -0.25) is 4.72 Å². The molecule has 0 bridgehead atoms. The van der Waals surface area contributed by atoms with Crippen LogP contribution in [0.3, 0.4) is 0 Å². The third kappa shape index (κ3) is 5.32. The summed E-state index contributed by atoms with van der Waals surface area (Å²) in [6.45, 7) is 5.45. The fourth-order valence-electron chi connectivity index (χ4n) is 3.83. The maximum absolute atomic E-state index is 13.0. The Morgan fingerprint density at radius 1 is 0.968 bits per heavy atom. The number of sulfonamides is 1. The predicted octanol–water partition coefficient (Wildman–Crippen LogP) is 3.99. The van der Waals surface area contributed by atoms with Gasteiger partial charge in [-0.05, 0) is 63.0 Å². The molecule has 1 fully saturated rings. The number of likely N-dealkylation sites (tertiary alicyclic amines) is 1. The van der Waals surface area contributed by atoms with E-state index in [1.807, 2.05) is 18.2 Å². The van der Waals surface area contributed by atoms with Crippen molar-refractivity contribution in [3.8, 4) is 5.88 Å². The molecule has 4 rings (SSSR count). The Labute approximate surface area is 183 Å². The summed E-state index contributed by atoms with van der Waals surface area (Å²) in [6.07, 6.45) is 4.66. The van der Waals surface area contributed by atoms with E-state index in [1.165, 1.54) is 19.3 Å². The van der Waals surface area contributed by atoms with Gasteiger partial charge in [0.05, 0.1) is 22.5 Å². The minimum absolute atomic E-state index is 0.111. The van der Waals surface area contributed by atoms with Gasteiger partial charge in [0.15, 0.2) is 0 Å². The fourth-order valence-corrected chi connectivity index (χ4v) is 5.08. The van der Waals surface area contributed by atoms with Crippen LogP contribution in [0.4, 0.5) is 5.82 Å². The molecule has 1 N–H and O–H groups in total. The number of piperidine rings is 1. The molecule has 1 aliphatic heterocycles. The minimum atomic E-state index is -3.82. The van der Waals surface area contributed by atoms with Gasteiger partial charge in [-0.15, -0.1) is 0 Å². The van der Waals surface area contributed by atoms with E-state index in [4.69, 9.17) is 4.74 Å². The van der Waals surface area contributed by atoms with Crippen molar-refractivity contribution in [2.45, 2.75) is 37.5 Å². The van der Waals surface area contributed by atoms with Gasteiger partial charge in [0.1, 0.15) is 0 Å². The molecular formula is C23H28N4O3S. The molecule has 1 aromatic heterocycles. The Kier molecular flexibility index (Phi) is 6.67. The molecule has 3 aromatic rings. The molecule has 0 unspecified atom stereocenters. The first-order valence-electron chi connectivity index (χ1n) is 10.7. The van der Waals surface area contributed by atoms with Crippen LogP contribution in [-0.2, 0) is 10.0 Å². The monoisotopic (exact) mass is 440 g/mol. The van der Waals surface area contributed by atoms with Crippen molar-refractivity contribution in [3.05, 3.63) is 54.1 Å². The Bertz CT molecular complexity index is 1140. The molecule has 1 saturated heterocycles. The van der Waals surface area contributed by atoms with Gasteiger partial charge >= 0.3 is 0 Å². The molecule has 1 aliphatic rings. The zero-order valence-corrected chi connectivity index (χ0v) is 18.6. The lowest BCUT2D eigenvalue weighted by Gasteiger charge is -2.26. The zero-order valence-electron chi connectivity index (χ0n) is 17.8. The average Bonchev–Trinajstić information content (AvgIpc) is 2.77. The molecule has 2 heterocycles. The largest absolute Gasteiger partial charge is 0.475 e. The van der Waals surface area contributed by atoms with E-state index in [9.17, 15) is 8.42 Å². The Morgan fingerprint density at radius 2 is 1.65 bits per heavy atom. The Morgan fingerprint density at radius 3 is 2.39 bits per heavy atom. The van der Waals surface area contributed by atoms with E-state index in [0.717, 1.165) is 26.1 Å². The molecular weight excluding hydrogens is 412 g/mol. The average molecular weight is 441 g/mol. The molecule has 0 radical (unpaired) electrons. The number of hydrogen-bond donors (Lipinski definition) is 1. The SMILES string of the molecule is Cc1ccccc1S(=O)(=O)Nc1nc2ccccc2nc1OCCCN1CCCCC1. The van der Waals surface area contributed by atoms with Gasteiger partial charge in [0.2, 0.25) is 5.82 Å². The Hall–Kier alpha value is -2.71. The van der Waals surface area contributed by atoms with Gasteiger partial charge in [-0.2, -0.15) is 0 Å². The van der Waals surface area contributed by atoms with Crippen molar-refractivity contribution in [1.82, 2.24) is 14.9 Å².